The van der Waals surface area contributed by atoms with Gasteiger partial charge in [0.1, 0.15) is 10.0 Å². The SMILES string of the molecule is Cc1nn(C)c(Cl)c1S(=O)(=O)NCC(c1cccc(Cl)c1)N1CCOCC1. The van der Waals surface area contributed by atoms with Crippen LogP contribution in [0.25, 0.3) is 0 Å². The lowest BCUT2D eigenvalue weighted by molar-refractivity contribution is 0.0172. The second kappa shape index (κ2) is 8.46. The molecule has 1 aliphatic heterocycles. The molecule has 27 heavy (non-hydrogen) atoms. The van der Waals surface area contributed by atoms with Crippen LogP contribution in [0.15, 0.2) is 29.2 Å². The van der Waals surface area contributed by atoms with E-state index in [0.717, 1.165) is 5.56 Å². The number of morpholine rings is 1. The lowest BCUT2D eigenvalue weighted by atomic mass is 10.1. The van der Waals surface area contributed by atoms with Gasteiger partial charge in [-0.1, -0.05) is 35.3 Å². The molecule has 0 spiro atoms. The van der Waals surface area contributed by atoms with E-state index in [2.05, 4.69) is 14.7 Å². The molecule has 1 unspecified atom stereocenters. The van der Waals surface area contributed by atoms with Gasteiger partial charge < -0.3 is 4.74 Å². The number of nitrogens with zero attached hydrogens (tertiary/aromatic N) is 3. The third-order valence-corrected chi connectivity index (χ3v) is 6.91. The summed E-state index contributed by atoms with van der Waals surface area (Å²) >= 11 is 12.3. The number of aromatic nitrogens is 2. The summed E-state index contributed by atoms with van der Waals surface area (Å²) in [4.78, 5) is 2.20. The highest BCUT2D eigenvalue weighted by molar-refractivity contribution is 7.89. The van der Waals surface area contributed by atoms with Crippen LogP contribution in [0.2, 0.25) is 10.2 Å². The Morgan fingerprint density at radius 2 is 2.00 bits per heavy atom. The fourth-order valence-corrected chi connectivity index (χ4v) is 5.22. The summed E-state index contributed by atoms with van der Waals surface area (Å²) in [6, 6.07) is 7.30. The first-order valence-corrected chi connectivity index (χ1v) is 10.8. The number of sulfonamides is 1. The Labute approximate surface area is 169 Å². The molecule has 7 nitrogen and oxygen atoms in total. The van der Waals surface area contributed by atoms with Crippen LogP contribution in [0.1, 0.15) is 17.3 Å². The highest BCUT2D eigenvalue weighted by atomic mass is 35.5. The third kappa shape index (κ3) is 4.64. The predicted molar refractivity (Wildman–Crippen MR) is 105 cm³/mol. The molecule has 2 aromatic rings. The molecule has 0 aliphatic carbocycles. The molecule has 2 heterocycles. The number of nitrogens with one attached hydrogen (secondary N) is 1. The van der Waals surface area contributed by atoms with E-state index in [9.17, 15) is 8.42 Å². The van der Waals surface area contributed by atoms with Crippen molar-refractivity contribution < 1.29 is 13.2 Å². The van der Waals surface area contributed by atoms with Gasteiger partial charge in [-0.25, -0.2) is 13.1 Å². The Morgan fingerprint density at radius 1 is 1.30 bits per heavy atom. The number of rotatable bonds is 6. The summed E-state index contributed by atoms with van der Waals surface area (Å²) in [5, 5.41) is 4.78. The number of hydrogen-bond acceptors (Lipinski definition) is 5. The zero-order valence-electron chi connectivity index (χ0n) is 15.2. The molecule has 0 saturated carbocycles. The summed E-state index contributed by atoms with van der Waals surface area (Å²) < 4.78 is 35.2. The van der Waals surface area contributed by atoms with E-state index in [-0.39, 0.29) is 22.6 Å². The first kappa shape index (κ1) is 20.6. The van der Waals surface area contributed by atoms with Crippen molar-refractivity contribution in [3.63, 3.8) is 0 Å². The number of ether oxygens (including phenoxy) is 1. The highest BCUT2D eigenvalue weighted by Gasteiger charge is 2.29. The van der Waals surface area contributed by atoms with Crippen LogP contribution in [0, 0.1) is 6.92 Å². The van der Waals surface area contributed by atoms with E-state index in [4.69, 9.17) is 27.9 Å². The zero-order valence-corrected chi connectivity index (χ0v) is 17.5. The van der Waals surface area contributed by atoms with Gasteiger partial charge in [-0.2, -0.15) is 5.10 Å². The van der Waals surface area contributed by atoms with Gasteiger partial charge in [0.2, 0.25) is 10.0 Å². The fraction of sp³-hybridized carbons (Fsp3) is 0.471. The van der Waals surface area contributed by atoms with Crippen LogP contribution >= 0.6 is 23.2 Å². The maximum Gasteiger partial charge on any atom is 0.245 e. The molecule has 1 aliphatic rings. The average Bonchev–Trinajstić information content (AvgIpc) is 2.88. The molecule has 1 fully saturated rings. The molecule has 1 N–H and O–H groups in total. The van der Waals surface area contributed by atoms with Crippen molar-refractivity contribution in [3.05, 3.63) is 45.7 Å². The minimum Gasteiger partial charge on any atom is -0.379 e. The lowest BCUT2D eigenvalue weighted by Crippen LogP contribution is -2.43. The summed E-state index contributed by atoms with van der Waals surface area (Å²) in [5.41, 5.74) is 1.31. The van der Waals surface area contributed by atoms with Crippen LogP contribution in [0.4, 0.5) is 0 Å². The molecule has 148 valence electrons. The Kier molecular flexibility index (Phi) is 6.45. The van der Waals surface area contributed by atoms with Crippen molar-refractivity contribution in [1.82, 2.24) is 19.4 Å². The van der Waals surface area contributed by atoms with Crippen molar-refractivity contribution >= 4 is 33.2 Å². The van der Waals surface area contributed by atoms with E-state index in [1.807, 2.05) is 18.2 Å². The third-order valence-electron chi connectivity index (χ3n) is 4.56. The molecule has 0 radical (unpaired) electrons. The Hall–Kier alpha value is -1.16. The van der Waals surface area contributed by atoms with Gasteiger partial charge in [-0.3, -0.25) is 9.58 Å². The average molecular weight is 433 g/mol. The van der Waals surface area contributed by atoms with Crippen LogP contribution < -0.4 is 4.72 Å². The standard InChI is InChI=1S/C17H22Cl2N4O3S/c1-12-16(17(19)22(2)21-12)27(24,25)20-11-15(23-6-8-26-9-7-23)13-4-3-5-14(18)10-13/h3-5,10,15,20H,6-9,11H2,1-2H3. The van der Waals surface area contributed by atoms with Gasteiger partial charge in [0, 0.05) is 37.7 Å². The number of benzene rings is 1. The van der Waals surface area contributed by atoms with Gasteiger partial charge in [-0.15, -0.1) is 0 Å². The lowest BCUT2D eigenvalue weighted by Gasteiger charge is -2.35. The van der Waals surface area contributed by atoms with Crippen LogP contribution in [-0.2, 0) is 21.8 Å². The molecule has 0 bridgehead atoms. The van der Waals surface area contributed by atoms with Crippen LogP contribution in [-0.4, -0.2) is 55.9 Å². The van der Waals surface area contributed by atoms with E-state index >= 15 is 0 Å². The van der Waals surface area contributed by atoms with Crippen LogP contribution in [0.5, 0.6) is 0 Å². The Morgan fingerprint density at radius 3 is 2.59 bits per heavy atom. The largest absolute Gasteiger partial charge is 0.379 e. The summed E-state index contributed by atoms with van der Waals surface area (Å²) in [6.45, 7) is 4.45. The predicted octanol–water partition coefficient (Wildman–Crippen LogP) is 2.39. The molecule has 1 aromatic heterocycles. The number of aryl methyl sites for hydroxylation is 2. The number of halogens is 2. The van der Waals surface area contributed by atoms with E-state index in [0.29, 0.717) is 37.0 Å². The highest BCUT2D eigenvalue weighted by Crippen LogP contribution is 2.27. The maximum atomic E-state index is 12.9. The van der Waals surface area contributed by atoms with Crippen molar-refractivity contribution in [3.8, 4) is 0 Å². The Balaban J connectivity index is 1.85. The van der Waals surface area contributed by atoms with Crippen molar-refractivity contribution in [2.24, 2.45) is 7.05 Å². The van der Waals surface area contributed by atoms with E-state index in [1.165, 1.54) is 4.68 Å². The first-order valence-electron chi connectivity index (χ1n) is 8.55. The molecule has 1 aromatic carbocycles. The molecule has 1 atom stereocenters. The molecule has 10 heteroatoms. The maximum absolute atomic E-state index is 12.9. The quantitative estimate of drug-likeness (QED) is 0.757. The van der Waals surface area contributed by atoms with E-state index in [1.54, 1.807) is 20.0 Å². The van der Waals surface area contributed by atoms with Gasteiger partial charge in [0.15, 0.2) is 0 Å². The first-order chi connectivity index (χ1) is 12.8. The normalized spacial score (nSPS) is 17.2. The van der Waals surface area contributed by atoms with Crippen LogP contribution in [0.3, 0.4) is 0 Å². The van der Waals surface area contributed by atoms with Gasteiger partial charge >= 0.3 is 0 Å². The second-order valence-electron chi connectivity index (χ2n) is 6.40. The summed E-state index contributed by atoms with van der Waals surface area (Å²) in [6.07, 6.45) is 0. The van der Waals surface area contributed by atoms with Gasteiger partial charge in [0.05, 0.1) is 18.9 Å². The van der Waals surface area contributed by atoms with Gasteiger partial charge in [-0.05, 0) is 24.6 Å². The van der Waals surface area contributed by atoms with Crippen molar-refractivity contribution in [2.45, 2.75) is 17.9 Å². The molecular weight excluding hydrogens is 411 g/mol. The minimum atomic E-state index is -3.81. The minimum absolute atomic E-state index is 0.0125. The molecule has 3 rings (SSSR count). The molecule has 1 saturated heterocycles. The summed E-state index contributed by atoms with van der Waals surface area (Å²) in [7, 11) is -2.20. The smallest absolute Gasteiger partial charge is 0.245 e. The fourth-order valence-electron chi connectivity index (χ4n) is 3.24. The van der Waals surface area contributed by atoms with Crippen molar-refractivity contribution in [2.75, 3.05) is 32.8 Å². The number of hydrogen-bond donors (Lipinski definition) is 1. The molecular formula is C17H22Cl2N4O3S. The van der Waals surface area contributed by atoms with Gasteiger partial charge in [0.25, 0.3) is 0 Å². The van der Waals surface area contributed by atoms with Crippen molar-refractivity contribution in [1.29, 1.82) is 0 Å². The topological polar surface area (TPSA) is 76.5 Å². The Bertz CT molecular complexity index is 911. The summed E-state index contributed by atoms with van der Waals surface area (Å²) in [5.74, 6) is 0. The van der Waals surface area contributed by atoms with E-state index < -0.39 is 10.0 Å². The zero-order chi connectivity index (χ0) is 19.6. The second-order valence-corrected chi connectivity index (χ2v) is 8.90. The monoisotopic (exact) mass is 432 g/mol. The molecule has 0 amide bonds.